The van der Waals surface area contributed by atoms with E-state index in [-0.39, 0.29) is 12.5 Å². The summed E-state index contributed by atoms with van der Waals surface area (Å²) in [5.74, 6) is 1.45. The van der Waals surface area contributed by atoms with Crippen LogP contribution in [0.4, 0.5) is 0 Å². The lowest BCUT2D eigenvalue weighted by atomic mass is 10.1. The average molecular weight is 390 g/mol. The van der Waals surface area contributed by atoms with Crippen molar-refractivity contribution in [2.45, 2.75) is 0 Å². The summed E-state index contributed by atoms with van der Waals surface area (Å²) in [4.78, 5) is 12.4. The Balaban J connectivity index is 1.70. The number of hydrogen-bond acceptors (Lipinski definition) is 6. The highest BCUT2D eigenvalue weighted by Gasteiger charge is 2.18. The number of carbonyl (C=O) groups excluding carboxylic acids is 1. The number of carbonyl (C=O) groups is 1. The van der Waals surface area contributed by atoms with E-state index < -0.39 is 0 Å². The molecule has 1 aromatic heterocycles. The van der Waals surface area contributed by atoms with Crippen molar-refractivity contribution in [3.05, 3.63) is 47.2 Å². The quantitative estimate of drug-likeness (QED) is 0.649. The number of H-pyrrole nitrogens is 1. The van der Waals surface area contributed by atoms with E-state index in [0.717, 1.165) is 16.8 Å². The first kappa shape index (κ1) is 18.4. The first-order valence-electron chi connectivity index (χ1n) is 8.99. The molecule has 0 saturated carbocycles. The second kappa shape index (κ2) is 7.94. The van der Waals surface area contributed by atoms with Crippen LogP contribution in [0.5, 0.6) is 17.2 Å². The van der Waals surface area contributed by atoms with Gasteiger partial charge in [0, 0.05) is 0 Å². The number of fused-ring (bicyclic) bond motifs is 2. The van der Waals surface area contributed by atoms with Gasteiger partial charge in [0.05, 0.1) is 35.3 Å². The molecular formula is C21H18N4O4. The number of aromatic amines is 1. The summed E-state index contributed by atoms with van der Waals surface area (Å²) in [5, 5.41) is 19.2. The average Bonchev–Trinajstić information content (AvgIpc) is 3.18. The SMILES string of the molecule is COc1c(C(=O)NCC#N)ccc2[nH]nc(C=Cc3ccc4c(c3)OCCO4)c12. The first-order chi connectivity index (χ1) is 14.2. The molecule has 0 bridgehead atoms. The van der Waals surface area contributed by atoms with Crippen molar-refractivity contribution < 1.29 is 19.0 Å². The third-order valence-electron chi connectivity index (χ3n) is 4.49. The molecule has 0 saturated heterocycles. The molecule has 1 aliphatic rings. The highest BCUT2D eigenvalue weighted by Crippen LogP contribution is 2.34. The van der Waals surface area contributed by atoms with Gasteiger partial charge in [0.15, 0.2) is 11.5 Å². The lowest BCUT2D eigenvalue weighted by Crippen LogP contribution is -2.24. The summed E-state index contributed by atoms with van der Waals surface area (Å²) in [6, 6.07) is 11.0. The molecule has 8 heteroatoms. The fraction of sp³-hybridized carbons (Fsp3) is 0.190. The first-order valence-corrected chi connectivity index (χ1v) is 8.99. The van der Waals surface area contributed by atoms with E-state index >= 15 is 0 Å². The van der Waals surface area contributed by atoms with Crippen LogP contribution in [-0.2, 0) is 0 Å². The minimum absolute atomic E-state index is 0.0811. The number of nitrogens with one attached hydrogen (secondary N) is 2. The molecule has 146 valence electrons. The normalized spacial score (nSPS) is 12.7. The van der Waals surface area contributed by atoms with Crippen LogP contribution >= 0.6 is 0 Å². The van der Waals surface area contributed by atoms with Crippen LogP contribution in [0.15, 0.2) is 30.3 Å². The van der Waals surface area contributed by atoms with E-state index in [1.165, 1.54) is 7.11 Å². The number of methoxy groups -OCH3 is 1. The molecule has 2 N–H and O–H groups in total. The largest absolute Gasteiger partial charge is 0.495 e. The van der Waals surface area contributed by atoms with Crippen molar-refractivity contribution in [2.24, 2.45) is 0 Å². The Morgan fingerprint density at radius 3 is 2.90 bits per heavy atom. The summed E-state index contributed by atoms with van der Waals surface area (Å²) >= 11 is 0. The Kier molecular flexibility index (Phi) is 5.03. The molecule has 0 aliphatic carbocycles. The summed E-state index contributed by atoms with van der Waals surface area (Å²) in [6.07, 6.45) is 3.74. The monoisotopic (exact) mass is 390 g/mol. The van der Waals surface area contributed by atoms with Gasteiger partial charge < -0.3 is 19.5 Å². The number of aromatic nitrogens is 2. The molecule has 4 rings (SSSR count). The second-order valence-corrected chi connectivity index (χ2v) is 6.25. The van der Waals surface area contributed by atoms with Crippen LogP contribution in [0.1, 0.15) is 21.6 Å². The van der Waals surface area contributed by atoms with Crippen molar-refractivity contribution in [1.29, 1.82) is 5.26 Å². The Hall–Kier alpha value is -3.99. The molecule has 1 aliphatic heterocycles. The fourth-order valence-electron chi connectivity index (χ4n) is 3.17. The Morgan fingerprint density at radius 2 is 2.10 bits per heavy atom. The highest BCUT2D eigenvalue weighted by atomic mass is 16.6. The van der Waals surface area contributed by atoms with Crippen molar-refractivity contribution >= 4 is 29.0 Å². The zero-order chi connectivity index (χ0) is 20.2. The van der Waals surface area contributed by atoms with Gasteiger partial charge >= 0.3 is 0 Å². The minimum atomic E-state index is -0.381. The number of amides is 1. The van der Waals surface area contributed by atoms with Gasteiger partial charge in [-0.05, 0) is 35.9 Å². The van der Waals surface area contributed by atoms with Crippen LogP contribution in [0.3, 0.4) is 0 Å². The van der Waals surface area contributed by atoms with Crippen LogP contribution in [-0.4, -0.2) is 43.0 Å². The number of rotatable bonds is 5. The summed E-state index contributed by atoms with van der Waals surface area (Å²) < 4.78 is 16.7. The third kappa shape index (κ3) is 3.58. The van der Waals surface area contributed by atoms with E-state index in [1.54, 1.807) is 12.1 Å². The van der Waals surface area contributed by atoms with Gasteiger partial charge in [-0.3, -0.25) is 9.89 Å². The maximum atomic E-state index is 12.4. The fourth-order valence-corrected chi connectivity index (χ4v) is 3.17. The molecule has 2 aromatic carbocycles. The summed E-state index contributed by atoms with van der Waals surface area (Å²) in [7, 11) is 1.50. The van der Waals surface area contributed by atoms with Crippen molar-refractivity contribution in [2.75, 3.05) is 26.9 Å². The lowest BCUT2D eigenvalue weighted by Gasteiger charge is -2.18. The summed E-state index contributed by atoms with van der Waals surface area (Å²) in [6.45, 7) is 0.992. The molecule has 0 unspecified atom stereocenters. The molecule has 3 aromatic rings. The molecule has 2 heterocycles. The van der Waals surface area contributed by atoms with Crippen molar-refractivity contribution in [3.8, 4) is 23.3 Å². The van der Waals surface area contributed by atoms with Gasteiger partial charge in [0.1, 0.15) is 25.5 Å². The topological polar surface area (TPSA) is 109 Å². The van der Waals surface area contributed by atoms with Gasteiger partial charge in [0.25, 0.3) is 5.91 Å². The van der Waals surface area contributed by atoms with Gasteiger partial charge in [-0.2, -0.15) is 10.4 Å². The zero-order valence-corrected chi connectivity index (χ0v) is 15.7. The third-order valence-corrected chi connectivity index (χ3v) is 4.49. The van der Waals surface area contributed by atoms with Gasteiger partial charge in [-0.1, -0.05) is 12.1 Å². The second-order valence-electron chi connectivity index (χ2n) is 6.25. The molecular weight excluding hydrogens is 372 g/mol. The Labute approximate surface area is 166 Å². The van der Waals surface area contributed by atoms with E-state index in [9.17, 15) is 4.79 Å². The number of nitriles is 1. The van der Waals surface area contributed by atoms with E-state index in [0.29, 0.717) is 41.4 Å². The number of ether oxygens (including phenoxy) is 3. The Bertz CT molecular complexity index is 1140. The molecule has 0 spiro atoms. The van der Waals surface area contributed by atoms with Crippen LogP contribution in [0.2, 0.25) is 0 Å². The molecule has 8 nitrogen and oxygen atoms in total. The van der Waals surface area contributed by atoms with Crippen LogP contribution < -0.4 is 19.5 Å². The maximum Gasteiger partial charge on any atom is 0.255 e. The molecule has 0 radical (unpaired) electrons. The minimum Gasteiger partial charge on any atom is -0.495 e. The van der Waals surface area contributed by atoms with Crippen molar-refractivity contribution in [3.63, 3.8) is 0 Å². The zero-order valence-electron chi connectivity index (χ0n) is 15.7. The van der Waals surface area contributed by atoms with Crippen LogP contribution in [0, 0.1) is 11.3 Å². The molecule has 1 amide bonds. The van der Waals surface area contributed by atoms with Gasteiger partial charge in [-0.25, -0.2) is 0 Å². The predicted molar refractivity (Wildman–Crippen MR) is 107 cm³/mol. The van der Waals surface area contributed by atoms with Crippen LogP contribution in [0.25, 0.3) is 23.1 Å². The van der Waals surface area contributed by atoms with Gasteiger partial charge in [0.2, 0.25) is 0 Å². The highest BCUT2D eigenvalue weighted by molar-refractivity contribution is 6.05. The Morgan fingerprint density at radius 1 is 1.28 bits per heavy atom. The standard InChI is InChI=1S/C21H18N4O4/c1-27-20-14(21(26)23-9-8-22)4-6-16-19(20)15(24-25-16)5-2-13-3-7-17-18(12-13)29-11-10-28-17/h2-7,12H,9-11H2,1H3,(H,23,26)(H,24,25). The molecule has 0 atom stereocenters. The number of hydrogen-bond donors (Lipinski definition) is 2. The summed E-state index contributed by atoms with van der Waals surface area (Å²) in [5.41, 5.74) is 2.63. The predicted octanol–water partition coefficient (Wildman–Crippen LogP) is 2.77. The smallest absolute Gasteiger partial charge is 0.255 e. The maximum absolute atomic E-state index is 12.4. The van der Waals surface area contributed by atoms with E-state index in [4.69, 9.17) is 19.5 Å². The number of benzene rings is 2. The molecule has 0 fully saturated rings. The molecule has 29 heavy (non-hydrogen) atoms. The lowest BCUT2D eigenvalue weighted by molar-refractivity contribution is 0.0955. The number of nitrogens with zero attached hydrogens (tertiary/aromatic N) is 2. The van der Waals surface area contributed by atoms with Gasteiger partial charge in [-0.15, -0.1) is 0 Å². The van der Waals surface area contributed by atoms with Crippen molar-refractivity contribution in [1.82, 2.24) is 15.5 Å². The van der Waals surface area contributed by atoms with E-state index in [2.05, 4.69) is 15.5 Å². The van der Waals surface area contributed by atoms with E-state index in [1.807, 2.05) is 36.4 Å².